The van der Waals surface area contributed by atoms with Gasteiger partial charge in [-0.1, -0.05) is 78.9 Å². The van der Waals surface area contributed by atoms with Crippen LogP contribution in [0.3, 0.4) is 0 Å². The number of benzene rings is 4. The van der Waals surface area contributed by atoms with Gasteiger partial charge in [0.2, 0.25) is 5.91 Å². The normalized spacial score (nSPS) is 11.0. The summed E-state index contributed by atoms with van der Waals surface area (Å²) in [5.41, 5.74) is 6.32. The summed E-state index contributed by atoms with van der Waals surface area (Å²) in [7, 11) is 0. The molecular formula is C31H28FN3O. The zero-order valence-corrected chi connectivity index (χ0v) is 20.0. The van der Waals surface area contributed by atoms with Crippen LogP contribution in [0.5, 0.6) is 0 Å². The summed E-state index contributed by atoms with van der Waals surface area (Å²) in [6, 6.07) is 33.0. The van der Waals surface area contributed by atoms with Gasteiger partial charge in [0.15, 0.2) is 0 Å². The number of imidazole rings is 1. The second kappa shape index (κ2) is 11.0. The molecule has 0 aliphatic rings. The maximum Gasteiger partial charge on any atom is 0.224 e. The lowest BCUT2D eigenvalue weighted by molar-refractivity contribution is -0.120. The third-order valence-electron chi connectivity index (χ3n) is 6.31. The van der Waals surface area contributed by atoms with Crippen molar-refractivity contribution >= 4 is 16.9 Å². The number of halogens is 1. The van der Waals surface area contributed by atoms with Crippen molar-refractivity contribution in [1.82, 2.24) is 14.9 Å². The van der Waals surface area contributed by atoms with E-state index in [9.17, 15) is 9.18 Å². The first-order valence-electron chi connectivity index (χ1n) is 12.3. The molecule has 0 spiro atoms. The molecule has 180 valence electrons. The average molecular weight is 478 g/mol. The lowest BCUT2D eigenvalue weighted by Gasteiger charge is -2.10. The fraction of sp³-hybridized carbons (Fsp3) is 0.161. The molecule has 0 saturated carbocycles. The van der Waals surface area contributed by atoms with Gasteiger partial charge in [-0.05, 0) is 52.9 Å². The fourth-order valence-corrected chi connectivity index (χ4v) is 4.43. The molecule has 0 fully saturated rings. The van der Waals surface area contributed by atoms with Crippen molar-refractivity contribution in [1.29, 1.82) is 0 Å². The molecule has 1 amide bonds. The Bertz CT molecular complexity index is 1440. The summed E-state index contributed by atoms with van der Waals surface area (Å²) in [4.78, 5) is 17.3. The third kappa shape index (κ3) is 5.69. The van der Waals surface area contributed by atoms with Gasteiger partial charge < -0.3 is 9.88 Å². The number of hydrogen-bond acceptors (Lipinski definition) is 2. The Morgan fingerprint density at radius 1 is 0.778 bits per heavy atom. The smallest absolute Gasteiger partial charge is 0.224 e. The number of aryl methyl sites for hydroxylation is 1. The van der Waals surface area contributed by atoms with Crippen molar-refractivity contribution in [2.45, 2.75) is 25.8 Å². The number of para-hydroxylation sites is 2. The Morgan fingerprint density at radius 2 is 1.44 bits per heavy atom. The van der Waals surface area contributed by atoms with E-state index in [2.05, 4.69) is 40.2 Å². The Balaban J connectivity index is 1.16. The Morgan fingerprint density at radius 3 is 2.22 bits per heavy atom. The molecule has 4 aromatic carbocycles. The first-order chi connectivity index (χ1) is 17.7. The predicted octanol–water partition coefficient (Wildman–Crippen LogP) is 6.18. The van der Waals surface area contributed by atoms with Crippen LogP contribution in [0.4, 0.5) is 4.39 Å². The highest BCUT2D eigenvalue weighted by molar-refractivity contribution is 5.79. The Labute approximate surface area is 210 Å². The third-order valence-corrected chi connectivity index (χ3v) is 6.31. The number of fused-ring (bicyclic) bond motifs is 1. The van der Waals surface area contributed by atoms with E-state index < -0.39 is 0 Å². The number of carbonyl (C=O) groups excluding carboxylic acids is 1. The second-order valence-electron chi connectivity index (χ2n) is 8.92. The molecule has 0 unspecified atom stereocenters. The van der Waals surface area contributed by atoms with Crippen molar-refractivity contribution in [2.24, 2.45) is 0 Å². The van der Waals surface area contributed by atoms with E-state index in [1.165, 1.54) is 17.7 Å². The zero-order valence-electron chi connectivity index (χ0n) is 20.0. The zero-order chi connectivity index (χ0) is 24.7. The minimum atomic E-state index is -0.239. The van der Waals surface area contributed by atoms with Gasteiger partial charge in [-0.3, -0.25) is 4.79 Å². The van der Waals surface area contributed by atoms with Gasteiger partial charge in [-0.2, -0.15) is 0 Å². The van der Waals surface area contributed by atoms with Crippen LogP contribution in [0.25, 0.3) is 22.2 Å². The van der Waals surface area contributed by atoms with E-state index in [-0.39, 0.29) is 11.7 Å². The van der Waals surface area contributed by atoms with Crippen molar-refractivity contribution in [2.75, 3.05) is 6.54 Å². The summed E-state index contributed by atoms with van der Waals surface area (Å²) in [6.07, 6.45) is 1.88. The van der Waals surface area contributed by atoms with Gasteiger partial charge in [-0.25, -0.2) is 9.37 Å². The van der Waals surface area contributed by atoms with E-state index in [4.69, 9.17) is 4.98 Å². The number of amides is 1. The van der Waals surface area contributed by atoms with Crippen LogP contribution in [-0.4, -0.2) is 22.0 Å². The molecule has 0 aliphatic carbocycles. The van der Waals surface area contributed by atoms with Crippen LogP contribution in [-0.2, 0) is 24.2 Å². The topological polar surface area (TPSA) is 46.9 Å². The molecule has 0 atom stereocenters. The SMILES string of the molecule is O=C(Cc1ccc(-c2ccccc2)cc1)NCCCc1nc2ccccc2n1Cc1ccc(F)cc1. The highest BCUT2D eigenvalue weighted by Gasteiger charge is 2.11. The van der Waals surface area contributed by atoms with Crippen LogP contribution in [0.2, 0.25) is 0 Å². The van der Waals surface area contributed by atoms with Crippen molar-refractivity contribution in [3.05, 3.63) is 126 Å². The summed E-state index contributed by atoms with van der Waals surface area (Å²) in [5.74, 6) is 0.742. The molecule has 0 bridgehead atoms. The van der Waals surface area contributed by atoms with Gasteiger partial charge in [0.05, 0.1) is 17.5 Å². The first kappa shape index (κ1) is 23.5. The Hall–Kier alpha value is -4.25. The maximum atomic E-state index is 13.3. The molecule has 4 nitrogen and oxygen atoms in total. The molecule has 0 saturated heterocycles. The standard InChI is InChI=1S/C31H28FN3O/c32-27-18-14-24(15-19-27)22-35-29-10-5-4-9-28(29)34-30(35)11-6-20-33-31(36)21-23-12-16-26(17-13-23)25-7-2-1-3-8-25/h1-5,7-10,12-19H,6,11,20-22H2,(H,33,36). The van der Waals surface area contributed by atoms with E-state index in [1.54, 1.807) is 12.1 Å². The molecule has 1 N–H and O–H groups in total. The molecule has 0 radical (unpaired) electrons. The molecule has 5 heteroatoms. The van der Waals surface area contributed by atoms with E-state index >= 15 is 0 Å². The number of aromatic nitrogens is 2. The largest absolute Gasteiger partial charge is 0.356 e. The summed E-state index contributed by atoms with van der Waals surface area (Å²) < 4.78 is 15.5. The maximum absolute atomic E-state index is 13.3. The molecule has 5 rings (SSSR count). The number of nitrogens with one attached hydrogen (secondary N) is 1. The Kier molecular flexibility index (Phi) is 7.17. The molecule has 1 aromatic heterocycles. The molecule has 36 heavy (non-hydrogen) atoms. The fourth-order valence-electron chi connectivity index (χ4n) is 4.43. The average Bonchev–Trinajstić information content (AvgIpc) is 3.26. The first-order valence-corrected chi connectivity index (χ1v) is 12.3. The van der Waals surface area contributed by atoms with E-state index in [0.717, 1.165) is 46.4 Å². The van der Waals surface area contributed by atoms with Crippen LogP contribution in [0.15, 0.2) is 103 Å². The lowest BCUT2D eigenvalue weighted by atomic mass is 10.0. The van der Waals surface area contributed by atoms with Crippen LogP contribution < -0.4 is 5.32 Å². The van der Waals surface area contributed by atoms with Crippen LogP contribution in [0.1, 0.15) is 23.4 Å². The summed E-state index contributed by atoms with van der Waals surface area (Å²) >= 11 is 0. The van der Waals surface area contributed by atoms with Gasteiger partial charge in [-0.15, -0.1) is 0 Å². The van der Waals surface area contributed by atoms with Gasteiger partial charge in [0.25, 0.3) is 0 Å². The van der Waals surface area contributed by atoms with Gasteiger partial charge in [0, 0.05) is 19.5 Å². The van der Waals surface area contributed by atoms with Crippen molar-refractivity contribution < 1.29 is 9.18 Å². The summed E-state index contributed by atoms with van der Waals surface area (Å²) in [6.45, 7) is 1.21. The van der Waals surface area contributed by atoms with Crippen molar-refractivity contribution in [3.8, 4) is 11.1 Å². The number of rotatable bonds is 9. The van der Waals surface area contributed by atoms with Crippen molar-refractivity contribution in [3.63, 3.8) is 0 Å². The summed E-state index contributed by atoms with van der Waals surface area (Å²) in [5, 5.41) is 3.04. The molecular weight excluding hydrogens is 449 g/mol. The molecule has 5 aromatic rings. The highest BCUT2D eigenvalue weighted by atomic mass is 19.1. The minimum Gasteiger partial charge on any atom is -0.356 e. The van der Waals surface area contributed by atoms with Gasteiger partial charge in [0.1, 0.15) is 11.6 Å². The van der Waals surface area contributed by atoms with E-state index in [0.29, 0.717) is 19.5 Å². The predicted molar refractivity (Wildman–Crippen MR) is 142 cm³/mol. The number of carbonyl (C=O) groups is 1. The molecule has 0 aliphatic heterocycles. The lowest BCUT2D eigenvalue weighted by Crippen LogP contribution is -2.26. The minimum absolute atomic E-state index is 0.0160. The highest BCUT2D eigenvalue weighted by Crippen LogP contribution is 2.20. The van der Waals surface area contributed by atoms with Crippen LogP contribution in [0, 0.1) is 5.82 Å². The van der Waals surface area contributed by atoms with Gasteiger partial charge >= 0.3 is 0 Å². The quantitative estimate of drug-likeness (QED) is 0.258. The molecule has 1 heterocycles. The number of hydrogen-bond donors (Lipinski definition) is 1. The van der Waals surface area contributed by atoms with Crippen LogP contribution >= 0.6 is 0 Å². The monoisotopic (exact) mass is 477 g/mol. The second-order valence-corrected chi connectivity index (χ2v) is 8.92. The number of nitrogens with zero attached hydrogens (tertiary/aromatic N) is 2. The van der Waals surface area contributed by atoms with E-state index in [1.807, 2.05) is 48.5 Å².